The van der Waals surface area contributed by atoms with Gasteiger partial charge in [-0.25, -0.2) is 4.99 Å². The number of benzene rings is 3. The van der Waals surface area contributed by atoms with Gasteiger partial charge < -0.3 is 20.2 Å². The van der Waals surface area contributed by atoms with E-state index in [-0.39, 0.29) is 69.5 Å². The number of likely N-dealkylation sites (tertiary alicyclic amines) is 1. The number of aliphatic imine (C=N–C) groups is 1. The molecule has 2 unspecified atom stereocenters. The van der Waals surface area contributed by atoms with E-state index in [9.17, 15) is 19.5 Å². The van der Waals surface area contributed by atoms with Gasteiger partial charge >= 0.3 is 0 Å². The number of anilines is 2. The molecule has 2 atom stereocenters. The van der Waals surface area contributed by atoms with Gasteiger partial charge in [-0.15, -0.1) is 23.5 Å². The number of carbonyl (C=O) groups excluding carboxylic acids is 3. The van der Waals surface area contributed by atoms with Crippen LogP contribution in [0, 0.1) is 5.41 Å². The van der Waals surface area contributed by atoms with E-state index in [0.29, 0.717) is 35.4 Å². The molecule has 1 saturated heterocycles. The lowest BCUT2D eigenvalue weighted by Crippen LogP contribution is -2.42. The third kappa shape index (κ3) is 14.1. The van der Waals surface area contributed by atoms with Gasteiger partial charge in [-0.1, -0.05) is 141 Å². The largest absolute Gasteiger partial charge is 0.506 e. The summed E-state index contributed by atoms with van der Waals surface area (Å²) in [5.74, 6) is 1.57. The number of Topliss-reactive ketones (excluding diaryl/α,β-unsaturated/α-hetero) is 1. The molecular weight excluding hydrogens is 977 g/mol. The molecule has 0 saturated carbocycles. The molecule has 2 N–H and O–H groups in total. The Morgan fingerprint density at radius 1 is 0.632 bits per heavy atom. The monoisotopic (exact) mass is 1070 g/mol. The maximum absolute atomic E-state index is 15.0. The number of rotatable bonds is 28. The highest BCUT2D eigenvalue weighted by Crippen LogP contribution is 2.54. The smallest absolute Gasteiger partial charge is 0.246 e. The fourth-order valence-electron chi connectivity index (χ4n) is 11.8. The Morgan fingerprint density at radius 3 is 1.63 bits per heavy atom. The summed E-state index contributed by atoms with van der Waals surface area (Å²) in [6, 6.07) is 26.0. The Balaban J connectivity index is 1.05. The Labute approximate surface area is 466 Å². The summed E-state index contributed by atoms with van der Waals surface area (Å²) in [6.07, 6.45) is 22.6. The lowest BCUT2D eigenvalue weighted by molar-refractivity contribution is -0.118. The standard InChI is InChI=1S/C66H90N4O4S2/c1-45(2)69-47(5)65(7,8)53-41-51(55(43-57(53)69)67-59(71)37-29-19-15-11-13-17-21-31-39-75-49-33-25-23-26-34-49)61-63(73)62(64(61)74)52-42-54-58(70(46(3)4)48(6)66(54,9)10)44-56(52)68-60(72)38-30-20-16-12-14-18-22-32-40-76-50-35-27-24-28-36-50/h23-28,33-36,41-48,73H,11-22,29-32,37-40H2,1-10H3,(H,67,71)/b62-52-,68-56?. The first kappa shape index (κ1) is 58.9. The Kier molecular flexibility index (Phi) is 21.1. The molecule has 1 fully saturated rings. The van der Waals surface area contributed by atoms with Crippen molar-refractivity contribution in [1.82, 2.24) is 4.90 Å². The Morgan fingerprint density at radius 2 is 1.12 bits per heavy atom. The zero-order valence-corrected chi connectivity index (χ0v) is 49.5. The molecule has 410 valence electrons. The second-order valence-corrected chi connectivity index (χ2v) is 25.9. The number of aliphatic hydroxyl groups is 1. The number of ketones is 1. The second kappa shape index (κ2) is 27.2. The summed E-state index contributed by atoms with van der Waals surface area (Å²) in [5.41, 5.74) is 5.98. The van der Waals surface area contributed by atoms with E-state index in [4.69, 9.17) is 4.99 Å². The van der Waals surface area contributed by atoms with Gasteiger partial charge in [0.05, 0.1) is 22.5 Å². The summed E-state index contributed by atoms with van der Waals surface area (Å²) >= 11 is 3.87. The minimum Gasteiger partial charge on any atom is -0.506 e. The van der Waals surface area contributed by atoms with Crippen molar-refractivity contribution in [3.05, 3.63) is 124 Å². The van der Waals surface area contributed by atoms with Gasteiger partial charge in [0.15, 0.2) is 0 Å². The highest BCUT2D eigenvalue weighted by atomic mass is 32.2. The lowest BCUT2D eigenvalue weighted by Gasteiger charge is -2.34. The highest BCUT2D eigenvalue weighted by Gasteiger charge is 2.49. The molecule has 2 aliphatic carbocycles. The van der Waals surface area contributed by atoms with E-state index in [1.54, 1.807) is 0 Å². The van der Waals surface area contributed by atoms with E-state index < -0.39 is 0 Å². The van der Waals surface area contributed by atoms with Gasteiger partial charge in [0, 0.05) is 80.2 Å². The van der Waals surface area contributed by atoms with Crippen LogP contribution in [-0.4, -0.2) is 69.0 Å². The number of thioether (sulfide) groups is 2. The van der Waals surface area contributed by atoms with E-state index >= 15 is 0 Å². The normalized spacial score (nSPS) is 20.1. The summed E-state index contributed by atoms with van der Waals surface area (Å²) in [7, 11) is 0. The van der Waals surface area contributed by atoms with Crippen LogP contribution in [0.25, 0.3) is 5.57 Å². The topological polar surface area (TPSA) is 102 Å². The SMILES string of the molecule is CC(C)N1C2=CC(=NC(=O)CCCCCCCCCCSc3ccccc3)/C(=C3\C(=O)C(c4cc5c(cc4NC(=O)CCCCCCCCCCSc4ccccc4)N(C(C)C)C(C)C5(C)C)=C3O)C=C2C(C)(C)C1C. The van der Waals surface area contributed by atoms with Crippen LogP contribution in [-0.2, 0) is 19.8 Å². The number of carbonyl (C=O) groups is 3. The molecule has 10 heteroatoms. The van der Waals surface area contributed by atoms with Crippen molar-refractivity contribution in [2.75, 3.05) is 21.7 Å². The van der Waals surface area contributed by atoms with Gasteiger partial charge in [-0.2, -0.15) is 0 Å². The minimum atomic E-state index is -0.309. The fraction of sp³-hybridized carbons (Fsp3) is 0.545. The molecule has 0 aromatic heterocycles. The average molecular weight is 1070 g/mol. The summed E-state index contributed by atoms with van der Waals surface area (Å²) in [4.78, 5) is 54.9. The molecule has 2 aliphatic heterocycles. The van der Waals surface area contributed by atoms with Crippen LogP contribution >= 0.6 is 23.5 Å². The predicted molar refractivity (Wildman–Crippen MR) is 323 cm³/mol. The van der Waals surface area contributed by atoms with Crippen LogP contribution < -0.4 is 10.2 Å². The maximum Gasteiger partial charge on any atom is 0.246 e. The fourth-order valence-corrected chi connectivity index (χ4v) is 13.7. The Bertz CT molecular complexity index is 2660. The third-order valence-electron chi connectivity index (χ3n) is 16.8. The number of allylic oxidation sites excluding steroid dienone is 6. The number of hydrogen-bond donors (Lipinski definition) is 2. The molecule has 0 spiro atoms. The van der Waals surface area contributed by atoms with Crippen LogP contribution in [0.3, 0.4) is 0 Å². The molecule has 76 heavy (non-hydrogen) atoms. The molecule has 0 bridgehead atoms. The average Bonchev–Trinajstić information content (AvgIpc) is 3.84. The number of fused-ring (bicyclic) bond motifs is 2. The van der Waals surface area contributed by atoms with E-state index in [1.807, 2.05) is 47.8 Å². The molecule has 8 nitrogen and oxygen atoms in total. The van der Waals surface area contributed by atoms with Crippen molar-refractivity contribution in [1.29, 1.82) is 0 Å². The highest BCUT2D eigenvalue weighted by molar-refractivity contribution is 7.99. The first-order valence-electron chi connectivity index (χ1n) is 29.1. The number of nitrogens with one attached hydrogen (secondary N) is 1. The van der Waals surface area contributed by atoms with Crippen molar-refractivity contribution in [3.8, 4) is 0 Å². The molecule has 7 rings (SSSR count). The van der Waals surface area contributed by atoms with Gasteiger partial charge in [0.1, 0.15) is 5.76 Å². The van der Waals surface area contributed by atoms with Gasteiger partial charge in [0.25, 0.3) is 0 Å². The number of unbranched alkanes of at least 4 members (excludes halogenated alkanes) is 14. The van der Waals surface area contributed by atoms with Crippen LogP contribution in [0.15, 0.2) is 128 Å². The Hall–Kier alpha value is -4.80. The van der Waals surface area contributed by atoms with Crippen LogP contribution in [0.4, 0.5) is 11.4 Å². The second-order valence-electron chi connectivity index (χ2n) is 23.6. The first-order valence-corrected chi connectivity index (χ1v) is 31.1. The molecule has 2 heterocycles. The minimum absolute atomic E-state index is 0.0942. The van der Waals surface area contributed by atoms with Crippen LogP contribution in [0.5, 0.6) is 0 Å². The molecule has 3 aromatic carbocycles. The number of amides is 2. The van der Waals surface area contributed by atoms with Crippen molar-refractivity contribution in [3.63, 3.8) is 0 Å². The number of nitrogens with zero attached hydrogens (tertiary/aromatic N) is 3. The molecule has 4 aliphatic rings. The summed E-state index contributed by atoms with van der Waals surface area (Å²) < 4.78 is 0. The summed E-state index contributed by atoms with van der Waals surface area (Å²) in [6.45, 7) is 22.1. The van der Waals surface area contributed by atoms with Gasteiger partial charge in [-0.05, 0) is 138 Å². The van der Waals surface area contributed by atoms with E-state index in [0.717, 1.165) is 79.0 Å². The quantitative estimate of drug-likeness (QED) is 0.0421. The van der Waals surface area contributed by atoms with Crippen molar-refractivity contribution in [2.24, 2.45) is 10.4 Å². The molecule has 2 amide bonds. The van der Waals surface area contributed by atoms with Crippen molar-refractivity contribution >= 4 is 63.8 Å². The van der Waals surface area contributed by atoms with Crippen LogP contribution in [0.2, 0.25) is 0 Å². The van der Waals surface area contributed by atoms with E-state index in [1.165, 1.54) is 67.6 Å². The van der Waals surface area contributed by atoms with Crippen LogP contribution in [0.1, 0.15) is 196 Å². The molecule has 0 radical (unpaired) electrons. The molecule has 3 aromatic rings. The van der Waals surface area contributed by atoms with Crippen molar-refractivity contribution < 1.29 is 19.5 Å². The third-order valence-corrected chi connectivity index (χ3v) is 19.0. The first-order chi connectivity index (χ1) is 36.4. The van der Waals surface area contributed by atoms with E-state index in [2.05, 4.69) is 145 Å². The molecular formula is C66H90N4O4S2. The number of aliphatic hydroxyl groups excluding tert-OH is 1. The van der Waals surface area contributed by atoms with Gasteiger partial charge in [-0.3, -0.25) is 14.4 Å². The predicted octanol–water partition coefficient (Wildman–Crippen LogP) is 17.2. The number of hydrogen-bond acceptors (Lipinski definition) is 8. The van der Waals surface area contributed by atoms with Crippen molar-refractivity contribution in [2.45, 2.75) is 224 Å². The zero-order valence-electron chi connectivity index (χ0n) is 47.9. The van der Waals surface area contributed by atoms with Gasteiger partial charge in [0.2, 0.25) is 17.6 Å². The zero-order chi connectivity index (χ0) is 54.6. The summed E-state index contributed by atoms with van der Waals surface area (Å²) in [5, 5.41) is 15.6. The lowest BCUT2D eigenvalue weighted by atomic mass is 9.73. The maximum atomic E-state index is 15.0.